The summed E-state index contributed by atoms with van der Waals surface area (Å²) < 4.78 is 0. The highest BCUT2D eigenvalue weighted by Gasteiger charge is 2.22. The summed E-state index contributed by atoms with van der Waals surface area (Å²) in [6.45, 7) is 3.35. The van der Waals surface area contributed by atoms with Crippen molar-refractivity contribution in [1.82, 2.24) is 0 Å². The summed E-state index contributed by atoms with van der Waals surface area (Å²) in [6, 6.07) is 1.31. The maximum Gasteiger partial charge on any atom is 0.377 e. The molecule has 1 rings (SSSR count). The highest BCUT2D eigenvalue weighted by atomic mass is 35.5. The fourth-order valence-corrected chi connectivity index (χ4v) is 1.40. The molecule has 0 unspecified atom stereocenters. The molecule has 2 N–H and O–H groups in total. The molecule has 0 saturated heterocycles. The molecule has 0 atom stereocenters. The molecule has 5 heteroatoms. The number of Topliss-reactive ketones (excluding diaryl/α,β-unsaturated/α-hetero) is 1. The van der Waals surface area contributed by atoms with Crippen molar-refractivity contribution >= 4 is 23.4 Å². The molecule has 0 heterocycles. The fraction of sp³-hybridized carbons (Fsp3) is 0.200. The van der Waals surface area contributed by atoms with E-state index in [0.717, 1.165) is 0 Å². The monoisotopic (exact) mass is 228 g/mol. The van der Waals surface area contributed by atoms with E-state index in [1.807, 2.05) is 0 Å². The zero-order valence-corrected chi connectivity index (χ0v) is 8.92. The Balaban J connectivity index is 3.45. The molecule has 0 saturated carbocycles. The molecule has 1 aromatic rings. The van der Waals surface area contributed by atoms with Crippen molar-refractivity contribution < 1.29 is 19.8 Å². The van der Waals surface area contributed by atoms with Gasteiger partial charge in [0.05, 0.1) is 10.6 Å². The van der Waals surface area contributed by atoms with Crippen LogP contribution >= 0.6 is 11.6 Å². The molecule has 0 amide bonds. The first-order valence-corrected chi connectivity index (χ1v) is 4.50. The number of benzene rings is 1. The van der Waals surface area contributed by atoms with Crippen molar-refractivity contribution in [3.8, 4) is 5.75 Å². The van der Waals surface area contributed by atoms with Crippen molar-refractivity contribution in [2.75, 3.05) is 0 Å². The number of phenolic OH excluding ortho intramolecular Hbond substituents is 1. The van der Waals surface area contributed by atoms with E-state index < -0.39 is 17.5 Å². The standard InChI is InChI=1S/C10H9ClO4/c1-4-3-6(9(13)10(14)15)8(12)7(11)5(4)2/h3,12H,1-2H3,(H,14,15). The Kier molecular flexibility index (Phi) is 3.00. The molecule has 0 aliphatic heterocycles. The van der Waals surface area contributed by atoms with Crippen LogP contribution in [0.25, 0.3) is 0 Å². The van der Waals surface area contributed by atoms with Crippen LogP contribution in [-0.4, -0.2) is 22.0 Å². The maximum atomic E-state index is 11.2. The molecular weight excluding hydrogens is 220 g/mol. The summed E-state index contributed by atoms with van der Waals surface area (Å²) in [5.74, 6) is -3.27. The molecule has 0 bridgehead atoms. The molecule has 0 aromatic heterocycles. The molecule has 4 nitrogen and oxygen atoms in total. The van der Waals surface area contributed by atoms with E-state index in [-0.39, 0.29) is 10.6 Å². The van der Waals surface area contributed by atoms with E-state index in [4.69, 9.17) is 16.7 Å². The predicted octanol–water partition coefficient (Wildman–Crippen LogP) is 1.93. The van der Waals surface area contributed by atoms with Gasteiger partial charge in [-0.05, 0) is 31.0 Å². The van der Waals surface area contributed by atoms with Gasteiger partial charge in [0.2, 0.25) is 0 Å². The molecule has 0 radical (unpaired) electrons. The van der Waals surface area contributed by atoms with Gasteiger partial charge in [0, 0.05) is 0 Å². The van der Waals surface area contributed by atoms with E-state index in [1.54, 1.807) is 13.8 Å². The average Bonchev–Trinajstić information content (AvgIpc) is 2.19. The van der Waals surface area contributed by atoms with Crippen LogP contribution in [0, 0.1) is 13.8 Å². The molecule has 1 aromatic carbocycles. The quantitative estimate of drug-likeness (QED) is 0.599. The van der Waals surface area contributed by atoms with Crippen molar-refractivity contribution in [3.63, 3.8) is 0 Å². The minimum absolute atomic E-state index is 0.0135. The summed E-state index contributed by atoms with van der Waals surface area (Å²) in [6.07, 6.45) is 0. The SMILES string of the molecule is Cc1cc(C(=O)C(=O)O)c(O)c(Cl)c1C. The minimum Gasteiger partial charge on any atom is -0.506 e. The Hall–Kier alpha value is -1.55. The number of ketones is 1. The van der Waals surface area contributed by atoms with Gasteiger partial charge in [-0.2, -0.15) is 0 Å². The lowest BCUT2D eigenvalue weighted by molar-refractivity contribution is -0.131. The third-order valence-corrected chi connectivity index (χ3v) is 2.65. The number of carboxylic acid groups (broad SMARTS) is 1. The van der Waals surface area contributed by atoms with Crippen molar-refractivity contribution in [2.45, 2.75) is 13.8 Å². The fourth-order valence-electron chi connectivity index (χ4n) is 1.15. The number of carbonyl (C=O) groups is 2. The molecule has 0 fully saturated rings. The Morgan fingerprint density at radius 2 is 1.87 bits per heavy atom. The third-order valence-electron chi connectivity index (χ3n) is 2.18. The maximum absolute atomic E-state index is 11.2. The number of halogens is 1. The highest BCUT2D eigenvalue weighted by Crippen LogP contribution is 2.33. The van der Waals surface area contributed by atoms with Crippen LogP contribution in [0.5, 0.6) is 5.75 Å². The first-order chi connectivity index (χ1) is 6.86. The normalized spacial score (nSPS) is 10.1. The van der Waals surface area contributed by atoms with E-state index >= 15 is 0 Å². The topological polar surface area (TPSA) is 74.6 Å². The van der Waals surface area contributed by atoms with Gasteiger partial charge in [-0.25, -0.2) is 4.79 Å². The van der Waals surface area contributed by atoms with Crippen molar-refractivity contribution in [3.05, 3.63) is 27.8 Å². The second-order valence-corrected chi connectivity index (χ2v) is 3.54. The van der Waals surface area contributed by atoms with Crippen LogP contribution in [0.4, 0.5) is 0 Å². The van der Waals surface area contributed by atoms with Crippen LogP contribution in [0.3, 0.4) is 0 Å². The van der Waals surface area contributed by atoms with E-state index in [0.29, 0.717) is 11.1 Å². The Bertz CT molecular complexity index is 451. The Labute approximate surface area is 91.1 Å². The van der Waals surface area contributed by atoms with Gasteiger partial charge < -0.3 is 10.2 Å². The predicted molar refractivity (Wildman–Crippen MR) is 54.6 cm³/mol. The number of aromatic hydroxyl groups is 1. The number of aliphatic carboxylic acids is 1. The Morgan fingerprint density at radius 1 is 1.33 bits per heavy atom. The lowest BCUT2D eigenvalue weighted by Crippen LogP contribution is -2.13. The largest absolute Gasteiger partial charge is 0.506 e. The molecule has 80 valence electrons. The van der Waals surface area contributed by atoms with Crippen LogP contribution in [0.15, 0.2) is 6.07 Å². The number of hydrogen-bond acceptors (Lipinski definition) is 3. The van der Waals surface area contributed by atoms with Crippen LogP contribution in [0.1, 0.15) is 21.5 Å². The number of aryl methyl sites for hydroxylation is 1. The van der Waals surface area contributed by atoms with E-state index in [1.165, 1.54) is 6.07 Å². The van der Waals surface area contributed by atoms with Gasteiger partial charge in [0.1, 0.15) is 5.75 Å². The molecule has 0 aliphatic carbocycles. The third kappa shape index (κ3) is 1.94. The number of rotatable bonds is 2. The van der Waals surface area contributed by atoms with Gasteiger partial charge in [0.25, 0.3) is 5.78 Å². The van der Waals surface area contributed by atoms with Crippen molar-refractivity contribution in [1.29, 1.82) is 0 Å². The first-order valence-electron chi connectivity index (χ1n) is 4.12. The van der Waals surface area contributed by atoms with E-state index in [2.05, 4.69) is 0 Å². The van der Waals surface area contributed by atoms with Gasteiger partial charge in [0.15, 0.2) is 0 Å². The van der Waals surface area contributed by atoms with Crippen LogP contribution in [0.2, 0.25) is 5.02 Å². The van der Waals surface area contributed by atoms with Crippen molar-refractivity contribution in [2.24, 2.45) is 0 Å². The highest BCUT2D eigenvalue weighted by molar-refractivity contribution is 6.42. The van der Waals surface area contributed by atoms with Crippen LogP contribution in [-0.2, 0) is 4.79 Å². The zero-order chi connectivity index (χ0) is 11.7. The summed E-state index contributed by atoms with van der Waals surface area (Å²) in [7, 11) is 0. The summed E-state index contributed by atoms with van der Waals surface area (Å²) >= 11 is 5.74. The van der Waals surface area contributed by atoms with Gasteiger partial charge in [-0.3, -0.25) is 4.79 Å². The number of phenols is 1. The van der Waals surface area contributed by atoms with Crippen LogP contribution < -0.4 is 0 Å². The molecular formula is C10H9ClO4. The first kappa shape index (κ1) is 11.5. The molecule has 15 heavy (non-hydrogen) atoms. The lowest BCUT2D eigenvalue weighted by atomic mass is 10.0. The van der Waals surface area contributed by atoms with E-state index in [9.17, 15) is 14.7 Å². The van der Waals surface area contributed by atoms with Gasteiger partial charge in [-0.1, -0.05) is 11.6 Å². The number of carboxylic acids is 1. The minimum atomic E-state index is -1.62. The van der Waals surface area contributed by atoms with Gasteiger partial charge >= 0.3 is 5.97 Å². The second-order valence-electron chi connectivity index (χ2n) is 3.16. The lowest BCUT2D eigenvalue weighted by Gasteiger charge is -2.08. The van der Waals surface area contributed by atoms with Gasteiger partial charge in [-0.15, -0.1) is 0 Å². The number of carbonyl (C=O) groups excluding carboxylic acids is 1. The zero-order valence-electron chi connectivity index (χ0n) is 8.17. The Morgan fingerprint density at radius 3 is 2.33 bits per heavy atom. The summed E-state index contributed by atoms with van der Waals surface area (Å²) in [5.41, 5.74) is 0.995. The average molecular weight is 229 g/mol. The summed E-state index contributed by atoms with van der Waals surface area (Å²) in [4.78, 5) is 21.6. The second kappa shape index (κ2) is 3.90. The number of hydrogen-bond donors (Lipinski definition) is 2. The smallest absolute Gasteiger partial charge is 0.377 e. The molecule has 0 aliphatic rings. The summed E-state index contributed by atoms with van der Waals surface area (Å²) in [5, 5.41) is 18.0. The molecule has 0 spiro atoms.